The second kappa shape index (κ2) is 11.6. The van der Waals surface area contributed by atoms with Crippen LogP contribution in [0.3, 0.4) is 0 Å². The van der Waals surface area contributed by atoms with Crippen molar-refractivity contribution >= 4 is 11.4 Å². The number of rotatable bonds is 10. The summed E-state index contributed by atoms with van der Waals surface area (Å²) in [7, 11) is 2.79. The third kappa shape index (κ3) is 6.56. The topological polar surface area (TPSA) is 109 Å². The highest BCUT2D eigenvalue weighted by molar-refractivity contribution is 6.11. The number of ether oxygens (including phenoxy) is 2. The minimum absolute atomic E-state index is 0.203. The summed E-state index contributed by atoms with van der Waals surface area (Å²) in [6.07, 6.45) is 0.687. The highest BCUT2D eigenvalue weighted by Crippen LogP contribution is 2.15. The van der Waals surface area contributed by atoms with Crippen LogP contribution in [0.5, 0.6) is 11.5 Å². The number of hydrogen-bond acceptors (Lipinski definition) is 8. The highest BCUT2D eigenvalue weighted by Gasteiger charge is 2.05. The van der Waals surface area contributed by atoms with Gasteiger partial charge in [-0.05, 0) is 48.5 Å². The summed E-state index contributed by atoms with van der Waals surface area (Å²) in [6.45, 7) is 0.960. The lowest BCUT2D eigenvalue weighted by Gasteiger charge is -2.09. The van der Waals surface area contributed by atoms with Crippen molar-refractivity contribution < 1.29 is 19.1 Å². The van der Waals surface area contributed by atoms with Gasteiger partial charge < -0.3 is 19.1 Å². The molecule has 0 aromatic heterocycles. The molecule has 0 spiro atoms. The highest BCUT2D eigenvalue weighted by atomic mass is 16.6. The van der Waals surface area contributed by atoms with Gasteiger partial charge in [-0.1, -0.05) is 10.3 Å². The van der Waals surface area contributed by atoms with Crippen molar-refractivity contribution in [3.8, 4) is 23.6 Å². The molecule has 0 saturated carbocycles. The Morgan fingerprint density at radius 1 is 0.724 bits per heavy atom. The van der Waals surface area contributed by atoms with E-state index in [2.05, 4.69) is 20.0 Å². The zero-order valence-corrected chi connectivity index (χ0v) is 16.2. The number of oxime groups is 2. The van der Waals surface area contributed by atoms with Gasteiger partial charge in [0, 0.05) is 17.5 Å². The molecule has 0 saturated heterocycles. The van der Waals surface area contributed by atoms with Gasteiger partial charge in [0.25, 0.3) is 0 Å². The Hall–Kier alpha value is -4.04. The van der Waals surface area contributed by atoms with Crippen molar-refractivity contribution in [2.24, 2.45) is 10.3 Å². The molecule has 0 aliphatic heterocycles. The third-order valence-corrected chi connectivity index (χ3v) is 3.66. The summed E-state index contributed by atoms with van der Waals surface area (Å²) < 4.78 is 11.3. The number of hydrogen-bond donors (Lipinski definition) is 0. The zero-order valence-electron chi connectivity index (χ0n) is 16.2. The van der Waals surface area contributed by atoms with E-state index in [0.717, 1.165) is 0 Å². The molecule has 148 valence electrons. The van der Waals surface area contributed by atoms with Crippen LogP contribution in [-0.2, 0) is 9.68 Å². The molecule has 0 unspecified atom stereocenters. The summed E-state index contributed by atoms with van der Waals surface area (Å²) in [4.78, 5) is 9.27. The molecule has 0 bridgehead atoms. The fourth-order valence-electron chi connectivity index (χ4n) is 2.31. The molecule has 0 aliphatic rings. The monoisotopic (exact) mass is 392 g/mol. The molecule has 0 fully saturated rings. The maximum atomic E-state index is 9.02. The van der Waals surface area contributed by atoms with Gasteiger partial charge in [0.2, 0.25) is 0 Å². The summed E-state index contributed by atoms with van der Waals surface area (Å²) in [6, 6.07) is 18.0. The van der Waals surface area contributed by atoms with Crippen LogP contribution in [0.4, 0.5) is 0 Å². The van der Waals surface area contributed by atoms with Crippen LogP contribution in [-0.4, -0.2) is 38.9 Å². The van der Waals surface area contributed by atoms with E-state index in [-0.39, 0.29) is 11.4 Å². The molecule has 2 aromatic carbocycles. The van der Waals surface area contributed by atoms with E-state index in [1.54, 1.807) is 48.5 Å². The number of nitriles is 2. The Kier molecular flexibility index (Phi) is 8.52. The summed E-state index contributed by atoms with van der Waals surface area (Å²) in [5.74, 6) is 1.38. The Bertz CT molecular complexity index is 846. The minimum Gasteiger partial charge on any atom is -0.493 e. The molecule has 0 radical (unpaired) electrons. The van der Waals surface area contributed by atoms with Gasteiger partial charge in [0.1, 0.15) is 37.9 Å². The van der Waals surface area contributed by atoms with Crippen molar-refractivity contribution in [2.45, 2.75) is 6.42 Å². The van der Waals surface area contributed by atoms with Crippen molar-refractivity contribution in [3.05, 3.63) is 59.7 Å². The quantitative estimate of drug-likeness (QED) is 0.349. The van der Waals surface area contributed by atoms with E-state index in [1.807, 2.05) is 12.1 Å². The van der Waals surface area contributed by atoms with Crippen LogP contribution >= 0.6 is 0 Å². The van der Waals surface area contributed by atoms with Gasteiger partial charge in [-0.25, -0.2) is 0 Å². The number of benzene rings is 2. The first kappa shape index (κ1) is 21.3. The maximum Gasteiger partial charge on any atom is 0.186 e. The Balaban J connectivity index is 1.76. The second-order valence-electron chi connectivity index (χ2n) is 5.57. The van der Waals surface area contributed by atoms with Crippen LogP contribution in [0.2, 0.25) is 0 Å². The van der Waals surface area contributed by atoms with Crippen LogP contribution in [0.15, 0.2) is 58.8 Å². The normalized spacial score (nSPS) is 11.2. The van der Waals surface area contributed by atoms with Gasteiger partial charge in [0.05, 0.1) is 13.2 Å². The molecule has 0 atom stereocenters. The zero-order chi connectivity index (χ0) is 20.9. The van der Waals surface area contributed by atoms with E-state index < -0.39 is 0 Å². The van der Waals surface area contributed by atoms with Gasteiger partial charge >= 0.3 is 0 Å². The number of nitrogens with zero attached hydrogens (tertiary/aromatic N) is 4. The average Bonchev–Trinajstić information content (AvgIpc) is 2.76. The smallest absolute Gasteiger partial charge is 0.186 e. The lowest BCUT2D eigenvalue weighted by atomic mass is 10.1. The van der Waals surface area contributed by atoms with Gasteiger partial charge in [-0.2, -0.15) is 10.5 Å². The summed E-state index contributed by atoms with van der Waals surface area (Å²) in [5.41, 5.74) is 1.72. The fraction of sp³-hybridized carbons (Fsp3) is 0.238. The first-order chi connectivity index (χ1) is 14.2. The molecular weight excluding hydrogens is 372 g/mol. The Morgan fingerprint density at radius 3 is 1.41 bits per heavy atom. The maximum absolute atomic E-state index is 9.02. The average molecular weight is 392 g/mol. The van der Waals surface area contributed by atoms with Crippen molar-refractivity contribution in [3.63, 3.8) is 0 Å². The Morgan fingerprint density at radius 2 is 1.10 bits per heavy atom. The van der Waals surface area contributed by atoms with Crippen LogP contribution < -0.4 is 9.47 Å². The molecule has 8 heteroatoms. The van der Waals surface area contributed by atoms with Gasteiger partial charge in [-0.15, -0.1) is 0 Å². The molecule has 0 aliphatic carbocycles. The SMILES string of the molecule is CON=C(C#N)c1ccc(OCCCOc2ccc(C(C#N)=NOC)cc2)cc1. The molecule has 29 heavy (non-hydrogen) atoms. The molecule has 0 heterocycles. The predicted octanol–water partition coefficient (Wildman–Crippen LogP) is 3.28. The second-order valence-corrected chi connectivity index (χ2v) is 5.57. The van der Waals surface area contributed by atoms with E-state index in [1.165, 1.54) is 14.2 Å². The molecule has 0 amide bonds. The lowest BCUT2D eigenvalue weighted by molar-refractivity contribution is 0.214. The van der Waals surface area contributed by atoms with E-state index in [0.29, 0.717) is 42.3 Å². The van der Waals surface area contributed by atoms with Crippen LogP contribution in [0, 0.1) is 22.7 Å². The van der Waals surface area contributed by atoms with E-state index >= 15 is 0 Å². The molecule has 8 nitrogen and oxygen atoms in total. The first-order valence-electron chi connectivity index (χ1n) is 8.70. The Labute approximate surface area is 169 Å². The van der Waals surface area contributed by atoms with Gasteiger partial charge in [0.15, 0.2) is 11.4 Å². The summed E-state index contributed by atoms with van der Waals surface area (Å²) in [5, 5.41) is 25.4. The molecule has 2 aromatic rings. The molecular formula is C21H20N4O4. The fourth-order valence-corrected chi connectivity index (χ4v) is 2.31. The van der Waals surface area contributed by atoms with Crippen molar-refractivity contribution in [1.29, 1.82) is 10.5 Å². The standard InChI is InChI=1S/C21H20N4O4/c1-26-24-20(14-22)16-4-8-18(9-5-16)28-12-3-13-29-19-10-6-17(7-11-19)21(15-23)25-27-2/h4-11H,3,12-13H2,1-2H3. The molecule has 2 rings (SSSR count). The minimum atomic E-state index is 0.203. The molecule has 0 N–H and O–H groups in total. The predicted molar refractivity (Wildman–Crippen MR) is 107 cm³/mol. The van der Waals surface area contributed by atoms with Crippen LogP contribution in [0.25, 0.3) is 0 Å². The summed E-state index contributed by atoms with van der Waals surface area (Å²) >= 11 is 0. The van der Waals surface area contributed by atoms with Crippen molar-refractivity contribution in [1.82, 2.24) is 0 Å². The van der Waals surface area contributed by atoms with Crippen molar-refractivity contribution in [2.75, 3.05) is 27.4 Å². The van der Waals surface area contributed by atoms with Crippen LogP contribution in [0.1, 0.15) is 17.5 Å². The van der Waals surface area contributed by atoms with E-state index in [4.69, 9.17) is 20.0 Å². The lowest BCUT2D eigenvalue weighted by Crippen LogP contribution is -2.05. The largest absolute Gasteiger partial charge is 0.493 e. The van der Waals surface area contributed by atoms with E-state index in [9.17, 15) is 0 Å². The van der Waals surface area contributed by atoms with Gasteiger partial charge in [-0.3, -0.25) is 0 Å². The first-order valence-corrected chi connectivity index (χ1v) is 8.70. The third-order valence-electron chi connectivity index (χ3n) is 3.66.